The van der Waals surface area contributed by atoms with Crippen LogP contribution < -0.4 is 4.74 Å². The molecule has 21 heavy (non-hydrogen) atoms. The Balaban J connectivity index is 2.36. The predicted molar refractivity (Wildman–Crippen MR) is 81.7 cm³/mol. The molecule has 0 fully saturated rings. The largest absolute Gasteiger partial charge is 0.458 e. The van der Waals surface area contributed by atoms with Crippen molar-refractivity contribution in [1.82, 2.24) is 0 Å². The van der Waals surface area contributed by atoms with Crippen molar-refractivity contribution in [2.75, 3.05) is 0 Å². The highest BCUT2D eigenvalue weighted by atomic mass is 35.5. The van der Waals surface area contributed by atoms with Crippen molar-refractivity contribution in [3.8, 4) is 5.75 Å². The first kappa shape index (κ1) is 17.5. The molecule has 0 spiro atoms. The molecular weight excluding hydrogens is 315 g/mol. The lowest BCUT2D eigenvalue weighted by Crippen LogP contribution is -2.13. The maximum atomic E-state index is 11.6. The molecule has 1 atom stereocenters. The summed E-state index contributed by atoms with van der Waals surface area (Å²) in [5.41, 5.74) is 0. The molecule has 114 valence electrons. The van der Waals surface area contributed by atoms with Crippen molar-refractivity contribution >= 4 is 35.1 Å². The van der Waals surface area contributed by atoms with Gasteiger partial charge in [-0.25, -0.2) is 0 Å². The first-order valence-electron chi connectivity index (χ1n) is 6.40. The van der Waals surface area contributed by atoms with Gasteiger partial charge in [0.2, 0.25) is 0 Å². The summed E-state index contributed by atoms with van der Waals surface area (Å²) in [6.07, 6.45) is 1.74. The van der Waals surface area contributed by atoms with Crippen LogP contribution in [-0.2, 0) is 14.3 Å². The Bertz CT molecular complexity index is 528. The van der Waals surface area contributed by atoms with E-state index >= 15 is 0 Å². The van der Waals surface area contributed by atoms with Gasteiger partial charge in [0.05, 0.1) is 5.02 Å². The molecular formula is C15H16Cl2O4. The molecule has 0 aromatic heterocycles. The smallest absolute Gasteiger partial charge is 0.311 e. The van der Waals surface area contributed by atoms with E-state index in [1.54, 1.807) is 25.1 Å². The second-order valence-electron chi connectivity index (χ2n) is 4.31. The van der Waals surface area contributed by atoms with Crippen LogP contribution in [0.25, 0.3) is 0 Å². The fraction of sp³-hybridized carbons (Fsp3) is 0.333. The van der Waals surface area contributed by atoms with Crippen LogP contribution in [0.2, 0.25) is 10.0 Å². The summed E-state index contributed by atoms with van der Waals surface area (Å²) in [4.78, 5) is 23.0. The standard InChI is InChI=1S/C15H16Cl2O4/c1-3-10(2)20-13(18)8-5-9-14(19)21-12-7-4-6-11(16)15(12)17/h3-4,6-7,10H,1,5,8-9H2,2H3. The van der Waals surface area contributed by atoms with Gasteiger partial charge in [-0.05, 0) is 25.5 Å². The van der Waals surface area contributed by atoms with E-state index in [4.69, 9.17) is 32.7 Å². The van der Waals surface area contributed by atoms with E-state index in [9.17, 15) is 9.59 Å². The van der Waals surface area contributed by atoms with Crippen molar-refractivity contribution in [1.29, 1.82) is 0 Å². The topological polar surface area (TPSA) is 52.6 Å². The van der Waals surface area contributed by atoms with Crippen LogP contribution in [0.15, 0.2) is 30.9 Å². The Morgan fingerprint density at radius 1 is 1.29 bits per heavy atom. The maximum Gasteiger partial charge on any atom is 0.311 e. The molecule has 6 heteroatoms. The minimum Gasteiger partial charge on any atom is -0.458 e. The van der Waals surface area contributed by atoms with Gasteiger partial charge in [0, 0.05) is 12.8 Å². The Morgan fingerprint density at radius 2 is 1.95 bits per heavy atom. The molecule has 0 aliphatic rings. The quantitative estimate of drug-likeness (QED) is 0.427. The molecule has 0 radical (unpaired) electrons. The lowest BCUT2D eigenvalue weighted by atomic mass is 10.2. The molecule has 1 rings (SSSR count). The lowest BCUT2D eigenvalue weighted by molar-refractivity contribution is -0.146. The normalized spacial score (nSPS) is 11.6. The highest BCUT2D eigenvalue weighted by Gasteiger charge is 2.12. The Hall–Kier alpha value is -1.52. The molecule has 0 saturated carbocycles. The van der Waals surface area contributed by atoms with Crippen molar-refractivity contribution in [3.05, 3.63) is 40.9 Å². The summed E-state index contributed by atoms with van der Waals surface area (Å²) in [6, 6.07) is 4.77. The zero-order chi connectivity index (χ0) is 15.8. The number of hydrogen-bond donors (Lipinski definition) is 0. The number of ether oxygens (including phenoxy) is 2. The molecule has 4 nitrogen and oxygen atoms in total. The van der Waals surface area contributed by atoms with Crippen LogP contribution in [0.1, 0.15) is 26.2 Å². The van der Waals surface area contributed by atoms with E-state index in [1.165, 1.54) is 6.08 Å². The van der Waals surface area contributed by atoms with Gasteiger partial charge in [0.1, 0.15) is 11.1 Å². The molecule has 0 aliphatic carbocycles. The summed E-state index contributed by atoms with van der Waals surface area (Å²) >= 11 is 11.7. The van der Waals surface area contributed by atoms with Crippen LogP contribution >= 0.6 is 23.2 Å². The second-order valence-corrected chi connectivity index (χ2v) is 5.10. The minimum atomic E-state index is -0.483. The summed E-state index contributed by atoms with van der Waals surface area (Å²) < 4.78 is 10.1. The monoisotopic (exact) mass is 330 g/mol. The van der Waals surface area contributed by atoms with Gasteiger partial charge in [-0.3, -0.25) is 9.59 Å². The maximum absolute atomic E-state index is 11.6. The van der Waals surface area contributed by atoms with Gasteiger partial charge >= 0.3 is 11.9 Å². The number of carbonyl (C=O) groups is 2. The van der Waals surface area contributed by atoms with Crippen molar-refractivity contribution in [3.63, 3.8) is 0 Å². The zero-order valence-electron chi connectivity index (χ0n) is 11.6. The third kappa shape index (κ3) is 6.19. The van der Waals surface area contributed by atoms with Crippen LogP contribution in [0.5, 0.6) is 5.75 Å². The fourth-order valence-corrected chi connectivity index (χ4v) is 1.76. The van der Waals surface area contributed by atoms with E-state index < -0.39 is 5.97 Å². The molecule has 0 N–H and O–H groups in total. The van der Waals surface area contributed by atoms with E-state index in [-0.39, 0.29) is 35.7 Å². The van der Waals surface area contributed by atoms with Gasteiger partial charge < -0.3 is 9.47 Å². The summed E-state index contributed by atoms with van der Waals surface area (Å²) in [5, 5.41) is 0.496. The van der Waals surface area contributed by atoms with Gasteiger partial charge in [0.15, 0.2) is 5.75 Å². The van der Waals surface area contributed by atoms with Gasteiger partial charge in [0.25, 0.3) is 0 Å². The third-order valence-corrected chi connectivity index (χ3v) is 3.35. The second kappa shape index (κ2) is 8.70. The van der Waals surface area contributed by atoms with Crippen molar-refractivity contribution in [2.45, 2.75) is 32.3 Å². The van der Waals surface area contributed by atoms with Gasteiger partial charge in [-0.15, -0.1) is 0 Å². The Kier molecular flexibility index (Phi) is 7.26. The average molecular weight is 331 g/mol. The van der Waals surface area contributed by atoms with E-state index in [1.807, 2.05) is 0 Å². The SMILES string of the molecule is C=CC(C)OC(=O)CCCC(=O)Oc1cccc(Cl)c1Cl. The third-order valence-electron chi connectivity index (χ3n) is 2.55. The summed E-state index contributed by atoms with van der Waals surface area (Å²) in [7, 11) is 0. The van der Waals surface area contributed by atoms with Crippen molar-refractivity contribution in [2.24, 2.45) is 0 Å². The lowest BCUT2D eigenvalue weighted by Gasteiger charge is -2.09. The Morgan fingerprint density at radius 3 is 2.62 bits per heavy atom. The molecule has 1 aromatic carbocycles. The van der Waals surface area contributed by atoms with E-state index in [0.717, 1.165) is 0 Å². The van der Waals surface area contributed by atoms with Crippen LogP contribution in [0.3, 0.4) is 0 Å². The molecule has 0 aliphatic heterocycles. The van der Waals surface area contributed by atoms with Gasteiger partial charge in [-0.2, -0.15) is 0 Å². The number of carbonyl (C=O) groups excluding carboxylic acids is 2. The first-order valence-corrected chi connectivity index (χ1v) is 7.16. The summed E-state index contributed by atoms with van der Waals surface area (Å²) in [6.45, 7) is 5.22. The van der Waals surface area contributed by atoms with E-state index in [2.05, 4.69) is 6.58 Å². The number of halogens is 2. The Labute approximate surface area is 133 Å². The molecule has 0 amide bonds. The predicted octanol–water partition coefficient (Wildman–Crippen LogP) is 4.19. The number of benzene rings is 1. The number of esters is 2. The average Bonchev–Trinajstić information content (AvgIpc) is 2.43. The van der Waals surface area contributed by atoms with Crippen LogP contribution in [0.4, 0.5) is 0 Å². The minimum absolute atomic E-state index is 0.0837. The molecule has 0 saturated heterocycles. The first-order chi connectivity index (χ1) is 9.93. The molecule has 0 bridgehead atoms. The molecule has 1 aromatic rings. The fourth-order valence-electron chi connectivity index (χ4n) is 1.43. The molecule has 0 heterocycles. The highest BCUT2D eigenvalue weighted by Crippen LogP contribution is 2.31. The number of hydrogen-bond acceptors (Lipinski definition) is 4. The number of rotatable bonds is 7. The summed E-state index contributed by atoms with van der Waals surface area (Å²) in [5.74, 6) is -0.656. The zero-order valence-corrected chi connectivity index (χ0v) is 13.1. The van der Waals surface area contributed by atoms with Crippen molar-refractivity contribution < 1.29 is 19.1 Å². The van der Waals surface area contributed by atoms with Gasteiger partial charge in [-0.1, -0.05) is 41.9 Å². The molecule has 1 unspecified atom stereocenters. The van der Waals surface area contributed by atoms with Crippen LogP contribution in [0, 0.1) is 0 Å². The van der Waals surface area contributed by atoms with Crippen LogP contribution in [-0.4, -0.2) is 18.0 Å². The van der Waals surface area contributed by atoms with E-state index in [0.29, 0.717) is 11.4 Å². The highest BCUT2D eigenvalue weighted by molar-refractivity contribution is 6.43.